The summed E-state index contributed by atoms with van der Waals surface area (Å²) in [6, 6.07) is 13.8. The summed E-state index contributed by atoms with van der Waals surface area (Å²) in [5, 5.41) is 6.84. The van der Waals surface area contributed by atoms with Crippen molar-refractivity contribution in [1.29, 1.82) is 0 Å². The van der Waals surface area contributed by atoms with E-state index in [0.717, 1.165) is 4.68 Å². The average molecular weight is 411 g/mol. The predicted molar refractivity (Wildman–Crippen MR) is 111 cm³/mol. The van der Waals surface area contributed by atoms with E-state index in [9.17, 15) is 14.0 Å². The van der Waals surface area contributed by atoms with Gasteiger partial charge in [0.1, 0.15) is 12.4 Å². The first-order valence-electron chi connectivity index (χ1n) is 9.54. The standard InChI is InChI=1S/C22H22FN3O4/c1-3-29-19-11-9-15(13-20(19)30-4-2)24-21(27)14-26-22(28)12-10-18(25-26)16-7-5-6-8-17(16)23/h5-13H,3-4,14H2,1-2H3,(H,24,27). The van der Waals surface area contributed by atoms with Crippen LogP contribution in [-0.2, 0) is 11.3 Å². The summed E-state index contributed by atoms with van der Waals surface area (Å²) in [5.41, 5.74) is 0.539. The number of nitrogens with zero attached hydrogens (tertiary/aromatic N) is 2. The maximum absolute atomic E-state index is 14.0. The quantitative estimate of drug-likeness (QED) is 0.614. The van der Waals surface area contributed by atoms with E-state index in [2.05, 4.69) is 10.4 Å². The van der Waals surface area contributed by atoms with Crippen molar-refractivity contribution in [3.63, 3.8) is 0 Å². The number of amides is 1. The molecule has 0 aliphatic heterocycles. The zero-order valence-corrected chi connectivity index (χ0v) is 16.7. The Morgan fingerprint density at radius 3 is 2.50 bits per heavy atom. The number of carbonyl (C=O) groups is 1. The van der Waals surface area contributed by atoms with E-state index in [1.54, 1.807) is 36.4 Å². The van der Waals surface area contributed by atoms with Crippen molar-refractivity contribution in [2.24, 2.45) is 0 Å². The highest BCUT2D eigenvalue weighted by molar-refractivity contribution is 5.90. The van der Waals surface area contributed by atoms with Crippen molar-refractivity contribution in [1.82, 2.24) is 9.78 Å². The van der Waals surface area contributed by atoms with Gasteiger partial charge in [-0.2, -0.15) is 5.10 Å². The van der Waals surface area contributed by atoms with E-state index in [0.29, 0.717) is 30.4 Å². The van der Waals surface area contributed by atoms with Gasteiger partial charge in [0.2, 0.25) is 5.91 Å². The van der Waals surface area contributed by atoms with Crippen molar-refractivity contribution < 1.29 is 18.7 Å². The molecule has 0 bridgehead atoms. The predicted octanol–water partition coefficient (Wildman–Crippen LogP) is 3.49. The molecular formula is C22H22FN3O4. The molecule has 7 nitrogen and oxygen atoms in total. The molecule has 0 unspecified atom stereocenters. The maximum atomic E-state index is 14.0. The second-order valence-corrected chi connectivity index (χ2v) is 6.27. The van der Waals surface area contributed by atoms with Gasteiger partial charge in [0, 0.05) is 23.4 Å². The lowest BCUT2D eigenvalue weighted by Gasteiger charge is -2.13. The van der Waals surface area contributed by atoms with E-state index in [1.807, 2.05) is 13.8 Å². The van der Waals surface area contributed by atoms with Gasteiger partial charge in [0.05, 0.1) is 18.9 Å². The molecule has 8 heteroatoms. The molecule has 0 radical (unpaired) electrons. The number of nitrogens with one attached hydrogen (secondary N) is 1. The van der Waals surface area contributed by atoms with Gasteiger partial charge in [0.15, 0.2) is 11.5 Å². The van der Waals surface area contributed by atoms with Gasteiger partial charge in [-0.3, -0.25) is 9.59 Å². The summed E-state index contributed by atoms with van der Waals surface area (Å²) in [4.78, 5) is 24.6. The van der Waals surface area contributed by atoms with Crippen LogP contribution >= 0.6 is 0 Å². The zero-order valence-electron chi connectivity index (χ0n) is 16.7. The molecule has 1 amide bonds. The molecule has 0 spiro atoms. The first-order valence-corrected chi connectivity index (χ1v) is 9.54. The SMILES string of the molecule is CCOc1ccc(NC(=O)Cn2nc(-c3ccccc3F)ccc2=O)cc1OCC. The lowest BCUT2D eigenvalue weighted by Crippen LogP contribution is -2.29. The van der Waals surface area contributed by atoms with Gasteiger partial charge in [-0.15, -0.1) is 0 Å². The van der Waals surface area contributed by atoms with Crippen LogP contribution in [0.4, 0.5) is 10.1 Å². The van der Waals surface area contributed by atoms with Gasteiger partial charge in [0.25, 0.3) is 5.56 Å². The minimum atomic E-state index is -0.466. The first-order chi connectivity index (χ1) is 14.5. The van der Waals surface area contributed by atoms with Crippen LogP contribution in [0.3, 0.4) is 0 Å². The van der Waals surface area contributed by atoms with Crippen LogP contribution in [0.2, 0.25) is 0 Å². The number of halogens is 1. The van der Waals surface area contributed by atoms with Crippen LogP contribution in [0.1, 0.15) is 13.8 Å². The highest BCUT2D eigenvalue weighted by Crippen LogP contribution is 2.30. The van der Waals surface area contributed by atoms with E-state index in [1.165, 1.54) is 18.2 Å². The molecule has 0 atom stereocenters. The number of rotatable bonds is 8. The molecule has 1 aromatic heterocycles. The summed E-state index contributed by atoms with van der Waals surface area (Å²) in [6.45, 7) is 4.32. The number of benzene rings is 2. The minimum Gasteiger partial charge on any atom is -0.490 e. The van der Waals surface area contributed by atoms with Gasteiger partial charge in [-0.05, 0) is 44.2 Å². The van der Waals surface area contributed by atoms with Crippen LogP contribution in [0, 0.1) is 5.82 Å². The molecule has 156 valence electrons. The third kappa shape index (κ3) is 5.02. The Kier molecular flexibility index (Phi) is 6.79. The lowest BCUT2D eigenvalue weighted by molar-refractivity contribution is -0.117. The highest BCUT2D eigenvalue weighted by Gasteiger charge is 2.12. The van der Waals surface area contributed by atoms with E-state index < -0.39 is 17.3 Å². The maximum Gasteiger partial charge on any atom is 0.267 e. The molecule has 0 fully saturated rings. The van der Waals surface area contributed by atoms with Crippen LogP contribution in [-0.4, -0.2) is 28.9 Å². The summed E-state index contributed by atoms with van der Waals surface area (Å²) in [5.74, 6) is 0.168. The smallest absolute Gasteiger partial charge is 0.267 e. The first kappa shape index (κ1) is 21.0. The number of hydrogen-bond donors (Lipinski definition) is 1. The number of anilines is 1. The topological polar surface area (TPSA) is 82.5 Å². The monoisotopic (exact) mass is 411 g/mol. The lowest BCUT2D eigenvalue weighted by atomic mass is 10.1. The normalized spacial score (nSPS) is 10.5. The molecule has 30 heavy (non-hydrogen) atoms. The van der Waals surface area contributed by atoms with E-state index >= 15 is 0 Å². The molecule has 1 N–H and O–H groups in total. The third-order valence-corrected chi connectivity index (χ3v) is 4.14. The molecule has 0 saturated heterocycles. The molecular weight excluding hydrogens is 389 g/mol. The summed E-state index contributed by atoms with van der Waals surface area (Å²) in [6.07, 6.45) is 0. The summed E-state index contributed by atoms with van der Waals surface area (Å²) in [7, 11) is 0. The van der Waals surface area contributed by atoms with Crippen molar-refractivity contribution >= 4 is 11.6 Å². The van der Waals surface area contributed by atoms with Crippen LogP contribution < -0.4 is 20.3 Å². The second-order valence-electron chi connectivity index (χ2n) is 6.27. The number of carbonyl (C=O) groups excluding carboxylic acids is 1. The third-order valence-electron chi connectivity index (χ3n) is 4.14. The van der Waals surface area contributed by atoms with Crippen molar-refractivity contribution in [3.05, 3.63) is 70.8 Å². The number of hydrogen-bond acceptors (Lipinski definition) is 5. The number of aromatic nitrogens is 2. The Labute approximate surface area is 173 Å². The minimum absolute atomic E-state index is 0.250. The van der Waals surface area contributed by atoms with Crippen LogP contribution in [0.15, 0.2) is 59.4 Å². The zero-order chi connectivity index (χ0) is 21.5. The van der Waals surface area contributed by atoms with Gasteiger partial charge >= 0.3 is 0 Å². The molecule has 0 aliphatic carbocycles. The molecule has 0 aliphatic rings. The van der Waals surface area contributed by atoms with E-state index in [4.69, 9.17) is 9.47 Å². The Morgan fingerprint density at radius 2 is 1.77 bits per heavy atom. The van der Waals surface area contributed by atoms with Gasteiger partial charge in [-0.1, -0.05) is 12.1 Å². The summed E-state index contributed by atoms with van der Waals surface area (Å²) >= 11 is 0. The second kappa shape index (κ2) is 9.69. The molecule has 3 rings (SSSR count). The Morgan fingerprint density at radius 1 is 1.03 bits per heavy atom. The molecule has 2 aromatic carbocycles. The van der Waals surface area contributed by atoms with Gasteiger partial charge in [-0.25, -0.2) is 9.07 Å². The molecule has 1 heterocycles. The van der Waals surface area contributed by atoms with Gasteiger partial charge < -0.3 is 14.8 Å². The van der Waals surface area contributed by atoms with Crippen molar-refractivity contribution in [3.8, 4) is 22.8 Å². The Bertz CT molecular complexity index is 1100. The largest absolute Gasteiger partial charge is 0.490 e. The Hall–Kier alpha value is -3.68. The fourth-order valence-corrected chi connectivity index (χ4v) is 2.84. The molecule has 3 aromatic rings. The van der Waals surface area contributed by atoms with Crippen molar-refractivity contribution in [2.75, 3.05) is 18.5 Å². The van der Waals surface area contributed by atoms with Crippen LogP contribution in [0.5, 0.6) is 11.5 Å². The highest BCUT2D eigenvalue weighted by atomic mass is 19.1. The Balaban J connectivity index is 1.78. The average Bonchev–Trinajstić information content (AvgIpc) is 2.72. The van der Waals surface area contributed by atoms with Crippen molar-refractivity contribution in [2.45, 2.75) is 20.4 Å². The van der Waals surface area contributed by atoms with Crippen LogP contribution in [0.25, 0.3) is 11.3 Å². The molecule has 0 saturated carbocycles. The van der Waals surface area contributed by atoms with E-state index in [-0.39, 0.29) is 17.8 Å². The fraction of sp³-hybridized carbons (Fsp3) is 0.227. The fourth-order valence-electron chi connectivity index (χ4n) is 2.84. The number of ether oxygens (including phenoxy) is 2. The summed E-state index contributed by atoms with van der Waals surface area (Å²) < 4.78 is 26.1.